The van der Waals surface area contributed by atoms with Crippen LogP contribution < -0.4 is 28.2 Å². The zero-order valence-electron chi connectivity index (χ0n) is 28.2. The average molecular weight is 664 g/mol. The molecule has 1 fully saturated rings. The molecule has 0 saturated carbocycles. The monoisotopic (exact) mass is 663 g/mol. The number of nitrogens with zero attached hydrogens (tertiary/aromatic N) is 4. The number of H-pyrrole nitrogens is 1. The molecular weight excluding hydrogens is 615 g/mol. The second-order valence-corrected chi connectivity index (χ2v) is 15.9. The van der Waals surface area contributed by atoms with Gasteiger partial charge >= 0.3 is 5.69 Å². The number of hydrogen-bond acceptors (Lipinski definition) is 7. The van der Waals surface area contributed by atoms with Crippen molar-refractivity contribution < 1.29 is 8.42 Å². The molecule has 47 heavy (non-hydrogen) atoms. The van der Waals surface area contributed by atoms with Gasteiger partial charge in [0.25, 0.3) is 0 Å². The van der Waals surface area contributed by atoms with Gasteiger partial charge in [-0.3, -0.25) is 9.56 Å². The third-order valence-corrected chi connectivity index (χ3v) is 9.75. The average Bonchev–Trinajstić information content (AvgIpc) is 3.41. The number of hydrogen-bond donors (Lipinski definition) is 5. The molecule has 0 spiro atoms. The highest BCUT2D eigenvalue weighted by atomic mass is 32.2. The number of nitrogens with two attached hydrogens (primary N) is 3. The summed E-state index contributed by atoms with van der Waals surface area (Å²) >= 11 is 0. The molecule has 8 N–H and O–H groups in total. The molecule has 3 heterocycles. The SMILES string of the molecule is CC(C)(C)c1cc2cn(-c3ccc(CNCCCN=C(N)N)cc3)c(=O)nc2[nH]1.CC(C)(C)c1ccc(S(=O)(=O)N2CC(N)C2)cc1. The van der Waals surface area contributed by atoms with E-state index in [2.05, 4.69) is 67.9 Å². The van der Waals surface area contributed by atoms with E-state index in [9.17, 15) is 13.2 Å². The van der Waals surface area contributed by atoms with Crippen molar-refractivity contribution in [2.45, 2.75) is 76.3 Å². The number of fused-ring (bicyclic) bond motifs is 1. The molecule has 0 radical (unpaired) electrons. The zero-order chi connectivity index (χ0) is 34.6. The molecule has 2 aromatic carbocycles. The van der Waals surface area contributed by atoms with Crippen LogP contribution in [0, 0.1) is 0 Å². The van der Waals surface area contributed by atoms with Crippen molar-refractivity contribution in [3.05, 3.63) is 88.1 Å². The van der Waals surface area contributed by atoms with E-state index >= 15 is 0 Å². The van der Waals surface area contributed by atoms with Gasteiger partial charge in [0.15, 0.2) is 5.96 Å². The summed E-state index contributed by atoms with van der Waals surface area (Å²) in [5, 5.41) is 4.27. The molecule has 0 atom stereocenters. The van der Waals surface area contributed by atoms with Crippen LogP contribution in [-0.4, -0.2) is 65.4 Å². The van der Waals surface area contributed by atoms with Crippen LogP contribution in [0.3, 0.4) is 0 Å². The second-order valence-electron chi connectivity index (χ2n) is 14.0. The second kappa shape index (κ2) is 14.4. The van der Waals surface area contributed by atoms with E-state index in [-0.39, 0.29) is 28.5 Å². The number of guanidine groups is 1. The van der Waals surface area contributed by atoms with Crippen LogP contribution in [-0.2, 0) is 27.4 Å². The first-order valence-electron chi connectivity index (χ1n) is 15.8. The normalized spacial score (nSPS) is 14.4. The molecule has 0 amide bonds. The third-order valence-electron chi connectivity index (χ3n) is 7.90. The van der Waals surface area contributed by atoms with Gasteiger partial charge in [-0.1, -0.05) is 65.8 Å². The molecule has 254 valence electrons. The van der Waals surface area contributed by atoms with Gasteiger partial charge in [-0.2, -0.15) is 9.29 Å². The van der Waals surface area contributed by atoms with Crippen molar-refractivity contribution in [1.29, 1.82) is 0 Å². The first-order valence-corrected chi connectivity index (χ1v) is 17.2. The van der Waals surface area contributed by atoms with E-state index in [4.69, 9.17) is 17.2 Å². The van der Waals surface area contributed by atoms with Gasteiger partial charge < -0.3 is 27.5 Å². The number of aliphatic imine (C=N–C) groups is 1. The largest absolute Gasteiger partial charge is 0.370 e. The third kappa shape index (κ3) is 9.28. The maximum absolute atomic E-state index is 12.5. The smallest absolute Gasteiger partial charge is 0.354 e. The Labute approximate surface area is 277 Å². The highest BCUT2D eigenvalue weighted by Crippen LogP contribution is 2.26. The summed E-state index contributed by atoms with van der Waals surface area (Å²) in [6.07, 6.45) is 2.71. The minimum absolute atomic E-state index is 0.0198. The molecule has 13 heteroatoms. The Kier molecular flexibility index (Phi) is 11.0. The number of sulfonamides is 1. The van der Waals surface area contributed by atoms with Gasteiger partial charge in [0, 0.05) is 54.9 Å². The number of aromatic amines is 1. The van der Waals surface area contributed by atoms with E-state index in [1.807, 2.05) is 42.6 Å². The van der Waals surface area contributed by atoms with Crippen molar-refractivity contribution in [3.8, 4) is 5.69 Å². The van der Waals surface area contributed by atoms with E-state index in [1.54, 1.807) is 16.7 Å². The molecule has 0 aliphatic carbocycles. The fourth-order valence-corrected chi connectivity index (χ4v) is 6.50. The molecule has 12 nitrogen and oxygen atoms in total. The first-order chi connectivity index (χ1) is 21.9. The maximum Gasteiger partial charge on any atom is 0.354 e. The first kappa shape index (κ1) is 35.8. The summed E-state index contributed by atoms with van der Waals surface area (Å²) in [7, 11) is -3.34. The van der Waals surface area contributed by atoms with Gasteiger partial charge in [0.1, 0.15) is 5.65 Å². The summed E-state index contributed by atoms with van der Waals surface area (Å²) in [4.78, 5) is 24.3. The summed E-state index contributed by atoms with van der Waals surface area (Å²) in [5.41, 5.74) is 20.6. The van der Waals surface area contributed by atoms with Crippen molar-refractivity contribution in [1.82, 2.24) is 24.2 Å². The lowest BCUT2D eigenvalue weighted by molar-refractivity contribution is 0.265. The lowest BCUT2D eigenvalue weighted by atomic mass is 9.87. The molecular formula is C34H49N9O3S. The Morgan fingerprint density at radius 1 is 1.00 bits per heavy atom. The highest BCUT2D eigenvalue weighted by molar-refractivity contribution is 7.89. The van der Waals surface area contributed by atoms with E-state index < -0.39 is 10.0 Å². The molecule has 0 bridgehead atoms. The van der Waals surface area contributed by atoms with Gasteiger partial charge in [-0.05, 0) is 59.8 Å². The zero-order valence-corrected chi connectivity index (χ0v) is 29.1. The quantitative estimate of drug-likeness (QED) is 0.103. The predicted molar refractivity (Wildman–Crippen MR) is 189 cm³/mol. The molecule has 4 aromatic rings. The van der Waals surface area contributed by atoms with Crippen molar-refractivity contribution in [2.75, 3.05) is 26.2 Å². The summed E-state index contributed by atoms with van der Waals surface area (Å²) in [6, 6.07) is 17.0. The Hall–Kier alpha value is -4.04. The Morgan fingerprint density at radius 3 is 2.19 bits per heavy atom. The fourth-order valence-electron chi connectivity index (χ4n) is 4.94. The van der Waals surface area contributed by atoms with Crippen LogP contribution in [0.4, 0.5) is 0 Å². The summed E-state index contributed by atoms with van der Waals surface area (Å²) < 4.78 is 27.4. The Morgan fingerprint density at radius 2 is 1.64 bits per heavy atom. The molecule has 5 rings (SSSR count). The van der Waals surface area contributed by atoms with E-state index in [0.29, 0.717) is 30.2 Å². The Balaban J connectivity index is 0.000000238. The molecule has 1 saturated heterocycles. The van der Waals surface area contributed by atoms with Crippen LogP contribution in [0.5, 0.6) is 0 Å². The summed E-state index contributed by atoms with van der Waals surface area (Å²) in [5.74, 6) is 0.123. The fraction of sp³-hybridized carbons (Fsp3) is 0.441. The maximum atomic E-state index is 12.5. The molecule has 1 aliphatic rings. The predicted octanol–water partition coefficient (Wildman–Crippen LogP) is 3.08. The van der Waals surface area contributed by atoms with Crippen molar-refractivity contribution in [3.63, 3.8) is 0 Å². The van der Waals surface area contributed by atoms with Gasteiger partial charge in [0.2, 0.25) is 10.0 Å². The number of aromatic nitrogens is 3. The van der Waals surface area contributed by atoms with E-state index in [1.165, 1.54) is 4.31 Å². The number of nitrogens with one attached hydrogen (secondary N) is 2. The number of rotatable bonds is 9. The van der Waals surface area contributed by atoms with Crippen LogP contribution in [0.1, 0.15) is 64.8 Å². The Bertz CT molecular complexity index is 1840. The minimum Gasteiger partial charge on any atom is -0.370 e. The molecule has 1 aliphatic heterocycles. The minimum atomic E-state index is -3.34. The van der Waals surface area contributed by atoms with Gasteiger partial charge in [-0.15, -0.1) is 0 Å². The van der Waals surface area contributed by atoms with Crippen molar-refractivity contribution in [2.24, 2.45) is 22.2 Å². The lowest BCUT2D eigenvalue weighted by Gasteiger charge is -2.35. The van der Waals surface area contributed by atoms with Crippen LogP contribution in [0.15, 0.2) is 75.5 Å². The summed E-state index contributed by atoms with van der Waals surface area (Å²) in [6.45, 7) is 15.7. The molecule has 0 unspecified atom stereocenters. The molecule has 2 aromatic heterocycles. The van der Waals surface area contributed by atoms with Gasteiger partial charge in [-0.25, -0.2) is 13.2 Å². The standard InChI is InChI=1S/C21H29N7O.C13H20N2O2S/c1-21(2,3)17-11-15-13-28(20(29)27-18(15)26-17)16-7-5-14(6-8-16)12-24-9-4-10-25-19(22)23;1-13(2,3)10-4-6-12(7-5-10)18(16,17)15-8-11(14)9-15/h5-8,11,13,24H,4,9-10,12H2,1-3H3,(H4,22,23,25)(H,26,27,29);4-7,11H,8-9,14H2,1-3H3. The van der Waals surface area contributed by atoms with Crippen molar-refractivity contribution >= 4 is 27.0 Å². The lowest BCUT2D eigenvalue weighted by Crippen LogP contribution is -2.57. The number of benzene rings is 2. The van der Waals surface area contributed by atoms with Gasteiger partial charge in [0.05, 0.1) is 10.6 Å². The van der Waals surface area contributed by atoms with Crippen LogP contribution in [0.2, 0.25) is 0 Å². The van der Waals surface area contributed by atoms with Crippen LogP contribution in [0.25, 0.3) is 16.7 Å². The highest BCUT2D eigenvalue weighted by Gasteiger charge is 2.34. The van der Waals surface area contributed by atoms with E-state index in [0.717, 1.165) is 47.4 Å². The van der Waals surface area contributed by atoms with Crippen LogP contribution >= 0.6 is 0 Å². The topological polar surface area (TPSA) is 191 Å².